The van der Waals surface area contributed by atoms with Crippen LogP contribution >= 0.6 is 0 Å². The third-order valence-electron chi connectivity index (χ3n) is 2.74. The van der Waals surface area contributed by atoms with Gasteiger partial charge >= 0.3 is 12.0 Å². The van der Waals surface area contributed by atoms with Crippen LogP contribution in [0.15, 0.2) is 12.2 Å². The lowest BCUT2D eigenvalue weighted by atomic mass is 10.1. The van der Waals surface area contributed by atoms with Crippen molar-refractivity contribution >= 4 is 22.0 Å². The molecule has 0 saturated heterocycles. The Morgan fingerprint density at radius 3 is 2.60 bits per heavy atom. The first-order valence-corrected chi connectivity index (χ1v) is 7.92. The van der Waals surface area contributed by atoms with Crippen LogP contribution in [0.3, 0.4) is 0 Å². The maximum Gasteiger partial charge on any atom is 0.315 e. The molecule has 0 radical (unpaired) electrons. The second-order valence-corrected chi connectivity index (χ2v) is 6.32. The Hall–Kier alpha value is -1.61. The molecule has 0 saturated carbocycles. The van der Waals surface area contributed by atoms with Crippen molar-refractivity contribution in [1.82, 2.24) is 15.4 Å². The van der Waals surface area contributed by atoms with Gasteiger partial charge < -0.3 is 15.7 Å². The molecular weight excluding hydrogens is 286 g/mol. The van der Waals surface area contributed by atoms with E-state index in [9.17, 15) is 18.0 Å². The summed E-state index contributed by atoms with van der Waals surface area (Å²) in [5.41, 5.74) is 0. The molecule has 1 rings (SSSR count). The second kappa shape index (κ2) is 7.25. The van der Waals surface area contributed by atoms with Gasteiger partial charge in [-0.2, -0.15) is 0 Å². The van der Waals surface area contributed by atoms with Gasteiger partial charge in [0, 0.05) is 13.1 Å². The fourth-order valence-corrected chi connectivity index (χ4v) is 2.75. The molecule has 1 aliphatic carbocycles. The number of carbonyl (C=O) groups is 2. The molecule has 2 atom stereocenters. The summed E-state index contributed by atoms with van der Waals surface area (Å²) in [6.45, 7) is 1.96. The lowest BCUT2D eigenvalue weighted by Crippen LogP contribution is -2.43. The summed E-state index contributed by atoms with van der Waals surface area (Å²) < 4.78 is 24.9. The van der Waals surface area contributed by atoms with Crippen LogP contribution in [0.1, 0.15) is 13.3 Å². The standard InChI is InChI=1S/C11H19N3O5S/c1-2-13-20(18,19)6-5-12-11(17)14-9-4-3-8(7-9)10(15)16/h3-4,8-9,13H,2,5-7H2,1H3,(H,15,16)(H2,12,14,17). The van der Waals surface area contributed by atoms with Crippen LogP contribution in [0.2, 0.25) is 0 Å². The second-order valence-electron chi connectivity index (χ2n) is 4.39. The lowest BCUT2D eigenvalue weighted by molar-refractivity contribution is -0.140. The van der Waals surface area contributed by atoms with E-state index in [4.69, 9.17) is 5.11 Å². The van der Waals surface area contributed by atoms with Crippen LogP contribution in [0.25, 0.3) is 0 Å². The zero-order chi connectivity index (χ0) is 15.2. The van der Waals surface area contributed by atoms with E-state index in [1.165, 1.54) is 6.08 Å². The summed E-state index contributed by atoms with van der Waals surface area (Å²) in [6, 6.07) is -0.862. The Bertz CT molecular complexity index is 488. The molecule has 2 unspecified atom stereocenters. The molecule has 0 heterocycles. The Balaban J connectivity index is 2.25. The van der Waals surface area contributed by atoms with Gasteiger partial charge in [0.2, 0.25) is 10.0 Å². The summed E-state index contributed by atoms with van der Waals surface area (Å²) >= 11 is 0. The average molecular weight is 305 g/mol. The summed E-state index contributed by atoms with van der Waals surface area (Å²) in [7, 11) is -3.36. The molecular formula is C11H19N3O5S. The number of carboxylic acid groups (broad SMARTS) is 1. The molecule has 0 fully saturated rings. The third kappa shape index (κ3) is 5.57. The summed E-state index contributed by atoms with van der Waals surface area (Å²) in [5, 5.41) is 13.8. The van der Waals surface area contributed by atoms with Crippen LogP contribution in [-0.4, -0.2) is 50.4 Å². The molecule has 0 aliphatic heterocycles. The topological polar surface area (TPSA) is 125 Å². The van der Waals surface area contributed by atoms with Crippen molar-refractivity contribution in [3.05, 3.63) is 12.2 Å². The Kier molecular flexibility index (Phi) is 5.96. The first kappa shape index (κ1) is 16.4. The van der Waals surface area contributed by atoms with Crippen molar-refractivity contribution in [2.24, 2.45) is 5.92 Å². The minimum Gasteiger partial charge on any atom is -0.481 e. The number of rotatable bonds is 7. The zero-order valence-corrected chi connectivity index (χ0v) is 11.9. The number of amides is 2. The van der Waals surface area contributed by atoms with E-state index in [2.05, 4.69) is 15.4 Å². The predicted molar refractivity (Wildman–Crippen MR) is 72.7 cm³/mol. The van der Waals surface area contributed by atoms with Crippen molar-refractivity contribution < 1.29 is 23.1 Å². The van der Waals surface area contributed by atoms with Crippen LogP contribution in [0.5, 0.6) is 0 Å². The van der Waals surface area contributed by atoms with Crippen molar-refractivity contribution in [2.75, 3.05) is 18.8 Å². The molecule has 0 aromatic heterocycles. The van der Waals surface area contributed by atoms with Gasteiger partial charge in [-0.05, 0) is 6.42 Å². The lowest BCUT2D eigenvalue weighted by Gasteiger charge is -2.13. The number of urea groups is 1. The van der Waals surface area contributed by atoms with E-state index in [0.717, 1.165) is 0 Å². The van der Waals surface area contributed by atoms with Gasteiger partial charge in [0.25, 0.3) is 0 Å². The molecule has 4 N–H and O–H groups in total. The fourth-order valence-electron chi connectivity index (χ4n) is 1.80. The van der Waals surface area contributed by atoms with Crippen molar-refractivity contribution in [2.45, 2.75) is 19.4 Å². The molecule has 9 heteroatoms. The van der Waals surface area contributed by atoms with Gasteiger partial charge in [-0.15, -0.1) is 0 Å². The number of hydrogen-bond donors (Lipinski definition) is 4. The van der Waals surface area contributed by atoms with Gasteiger partial charge in [-0.3, -0.25) is 4.79 Å². The molecule has 1 aliphatic rings. The van der Waals surface area contributed by atoms with Crippen molar-refractivity contribution in [3.8, 4) is 0 Å². The van der Waals surface area contributed by atoms with Crippen LogP contribution < -0.4 is 15.4 Å². The van der Waals surface area contributed by atoms with Crippen molar-refractivity contribution in [3.63, 3.8) is 0 Å². The molecule has 0 aromatic rings. The molecule has 0 spiro atoms. The Labute approximate surface area is 117 Å². The highest BCUT2D eigenvalue weighted by molar-refractivity contribution is 7.89. The van der Waals surface area contributed by atoms with Gasteiger partial charge in [-0.1, -0.05) is 19.1 Å². The van der Waals surface area contributed by atoms with E-state index in [0.29, 0.717) is 13.0 Å². The SMILES string of the molecule is CCNS(=O)(=O)CCNC(=O)NC1C=CC(C(=O)O)C1. The summed E-state index contributed by atoms with van der Waals surface area (Å²) in [5.74, 6) is -1.72. The number of carbonyl (C=O) groups excluding carboxylic acids is 1. The Morgan fingerprint density at radius 2 is 2.05 bits per heavy atom. The number of sulfonamides is 1. The maximum atomic E-state index is 11.5. The highest BCUT2D eigenvalue weighted by Crippen LogP contribution is 2.17. The molecule has 0 aromatic carbocycles. The minimum atomic E-state index is -3.36. The van der Waals surface area contributed by atoms with Crippen LogP contribution in [0, 0.1) is 5.92 Å². The number of aliphatic carboxylic acids is 1. The van der Waals surface area contributed by atoms with Gasteiger partial charge in [0.1, 0.15) is 0 Å². The molecule has 114 valence electrons. The molecule has 20 heavy (non-hydrogen) atoms. The molecule has 2 amide bonds. The minimum absolute atomic E-state index is 0.0139. The molecule has 8 nitrogen and oxygen atoms in total. The summed E-state index contributed by atoms with van der Waals surface area (Å²) in [4.78, 5) is 22.2. The van der Waals surface area contributed by atoms with E-state index < -0.39 is 27.9 Å². The summed E-state index contributed by atoms with van der Waals surface area (Å²) in [6.07, 6.45) is 3.45. The normalized spacial score (nSPS) is 21.6. The van der Waals surface area contributed by atoms with Crippen molar-refractivity contribution in [1.29, 1.82) is 0 Å². The first-order valence-electron chi connectivity index (χ1n) is 6.27. The average Bonchev–Trinajstić information content (AvgIpc) is 2.77. The van der Waals surface area contributed by atoms with E-state index in [1.54, 1.807) is 13.0 Å². The zero-order valence-electron chi connectivity index (χ0n) is 11.1. The Morgan fingerprint density at radius 1 is 1.35 bits per heavy atom. The van der Waals surface area contributed by atoms with Crippen LogP contribution in [0.4, 0.5) is 4.79 Å². The largest absolute Gasteiger partial charge is 0.481 e. The quantitative estimate of drug-likeness (QED) is 0.461. The van der Waals surface area contributed by atoms with Gasteiger partial charge in [-0.25, -0.2) is 17.9 Å². The monoisotopic (exact) mass is 305 g/mol. The van der Waals surface area contributed by atoms with E-state index >= 15 is 0 Å². The van der Waals surface area contributed by atoms with Gasteiger partial charge in [0.05, 0.1) is 17.7 Å². The predicted octanol–water partition coefficient (Wildman–Crippen LogP) is -0.746. The van der Waals surface area contributed by atoms with E-state index in [1.807, 2.05) is 0 Å². The van der Waals surface area contributed by atoms with E-state index in [-0.39, 0.29) is 18.3 Å². The van der Waals surface area contributed by atoms with Gasteiger partial charge in [0.15, 0.2) is 0 Å². The highest BCUT2D eigenvalue weighted by atomic mass is 32.2. The third-order valence-corrected chi connectivity index (χ3v) is 4.21. The number of carboxylic acids is 1. The fraction of sp³-hybridized carbons (Fsp3) is 0.636. The molecule has 0 bridgehead atoms. The van der Waals surface area contributed by atoms with Crippen LogP contribution in [-0.2, 0) is 14.8 Å². The first-order chi connectivity index (χ1) is 9.34. The highest BCUT2D eigenvalue weighted by Gasteiger charge is 2.25. The smallest absolute Gasteiger partial charge is 0.315 e. The number of hydrogen-bond acceptors (Lipinski definition) is 4. The number of nitrogens with one attached hydrogen (secondary N) is 3. The maximum absolute atomic E-state index is 11.5.